The lowest BCUT2D eigenvalue weighted by Crippen LogP contribution is -2.22. The Morgan fingerprint density at radius 3 is 2.81 bits per heavy atom. The van der Waals surface area contributed by atoms with Crippen LogP contribution < -0.4 is 5.56 Å². The highest BCUT2D eigenvalue weighted by Crippen LogP contribution is 2.32. The van der Waals surface area contributed by atoms with Crippen molar-refractivity contribution in [3.05, 3.63) is 72.7 Å². The molecule has 0 aliphatic carbocycles. The third-order valence-corrected chi connectivity index (χ3v) is 4.35. The van der Waals surface area contributed by atoms with E-state index >= 15 is 0 Å². The molecule has 3 aromatic rings. The van der Waals surface area contributed by atoms with E-state index in [4.69, 9.17) is 0 Å². The molecule has 9 heteroatoms. The van der Waals surface area contributed by atoms with Gasteiger partial charge in [0, 0.05) is 22.5 Å². The van der Waals surface area contributed by atoms with Crippen LogP contribution in [0.2, 0.25) is 0 Å². The zero-order valence-corrected chi connectivity index (χ0v) is 15.9. The van der Waals surface area contributed by atoms with E-state index in [9.17, 15) is 20.0 Å². The van der Waals surface area contributed by atoms with Gasteiger partial charge in [-0.05, 0) is 24.6 Å². The van der Waals surface area contributed by atoms with Crippen LogP contribution in [-0.4, -0.2) is 25.9 Å². The first-order valence-electron chi connectivity index (χ1n) is 8.14. The first-order chi connectivity index (χ1) is 12.9. The van der Waals surface area contributed by atoms with Gasteiger partial charge in [0.2, 0.25) is 5.75 Å². The Morgan fingerprint density at radius 1 is 1.37 bits per heavy atom. The summed E-state index contributed by atoms with van der Waals surface area (Å²) >= 11 is 3.17. The molecule has 0 atom stereocenters. The molecule has 0 spiro atoms. The van der Waals surface area contributed by atoms with Gasteiger partial charge < -0.3 is 5.11 Å². The predicted molar refractivity (Wildman–Crippen MR) is 105 cm³/mol. The van der Waals surface area contributed by atoms with Gasteiger partial charge in [0.25, 0.3) is 5.56 Å². The zero-order chi connectivity index (χ0) is 19.6. The Hall–Kier alpha value is -3.07. The van der Waals surface area contributed by atoms with E-state index in [1.165, 1.54) is 18.3 Å². The highest BCUT2D eigenvalue weighted by atomic mass is 79.9. The first-order valence-corrected chi connectivity index (χ1v) is 8.93. The predicted octanol–water partition coefficient (Wildman–Crippen LogP) is 3.61. The molecule has 0 amide bonds. The number of para-hydroxylation sites is 1. The quantitative estimate of drug-likeness (QED) is 0.377. The number of phenols is 1. The van der Waals surface area contributed by atoms with Crippen LogP contribution in [-0.2, 0) is 6.42 Å². The molecular formula is C18H15BrN4O4. The van der Waals surface area contributed by atoms with Gasteiger partial charge in [-0.1, -0.05) is 35.0 Å². The summed E-state index contributed by atoms with van der Waals surface area (Å²) < 4.78 is 1.57. The molecule has 0 bridgehead atoms. The number of halogens is 1. The number of nitro groups is 1. The fourth-order valence-electron chi connectivity index (χ4n) is 2.64. The Bertz CT molecular complexity index is 1120. The van der Waals surface area contributed by atoms with E-state index in [1.807, 2.05) is 6.92 Å². The Balaban J connectivity index is 2.17. The summed E-state index contributed by atoms with van der Waals surface area (Å²) in [5.74, 6) is -0.0489. The normalized spacial score (nSPS) is 11.3. The average Bonchev–Trinajstić information content (AvgIpc) is 2.64. The maximum atomic E-state index is 12.8. The number of hydrogen-bond acceptors (Lipinski definition) is 6. The van der Waals surface area contributed by atoms with Crippen LogP contribution in [0.5, 0.6) is 5.75 Å². The SMILES string of the molecule is CCCc1nc2ccccc2c(=O)n1/N=C/c1cc(Br)cc([N+](=O)[O-])c1O. The summed E-state index contributed by atoms with van der Waals surface area (Å²) in [5, 5.41) is 25.7. The fourth-order valence-corrected chi connectivity index (χ4v) is 3.10. The minimum Gasteiger partial charge on any atom is -0.502 e. The molecule has 8 nitrogen and oxygen atoms in total. The van der Waals surface area contributed by atoms with Crippen molar-refractivity contribution in [1.29, 1.82) is 0 Å². The van der Waals surface area contributed by atoms with Crippen molar-refractivity contribution in [3.8, 4) is 5.75 Å². The van der Waals surface area contributed by atoms with E-state index in [1.54, 1.807) is 24.3 Å². The molecule has 0 unspecified atom stereocenters. The van der Waals surface area contributed by atoms with Gasteiger partial charge in [-0.3, -0.25) is 14.9 Å². The summed E-state index contributed by atoms with van der Waals surface area (Å²) in [7, 11) is 0. The lowest BCUT2D eigenvalue weighted by atomic mass is 10.2. The highest BCUT2D eigenvalue weighted by molar-refractivity contribution is 9.10. The summed E-state index contributed by atoms with van der Waals surface area (Å²) in [6, 6.07) is 9.63. The van der Waals surface area contributed by atoms with Gasteiger partial charge in [-0.25, -0.2) is 4.98 Å². The molecular weight excluding hydrogens is 416 g/mol. The zero-order valence-electron chi connectivity index (χ0n) is 14.3. The number of benzene rings is 2. The van der Waals surface area contributed by atoms with Crippen molar-refractivity contribution < 1.29 is 10.0 Å². The molecule has 0 saturated heterocycles. The molecule has 1 heterocycles. The lowest BCUT2D eigenvalue weighted by Gasteiger charge is -2.08. The number of aromatic nitrogens is 2. The maximum Gasteiger partial charge on any atom is 0.312 e. The molecule has 2 aromatic carbocycles. The van der Waals surface area contributed by atoms with E-state index < -0.39 is 16.4 Å². The maximum absolute atomic E-state index is 12.8. The van der Waals surface area contributed by atoms with Crippen LogP contribution in [0.3, 0.4) is 0 Å². The summed E-state index contributed by atoms with van der Waals surface area (Å²) in [6.07, 6.45) is 2.50. The van der Waals surface area contributed by atoms with Crippen molar-refractivity contribution in [2.45, 2.75) is 19.8 Å². The van der Waals surface area contributed by atoms with Crippen LogP contribution >= 0.6 is 15.9 Å². The smallest absolute Gasteiger partial charge is 0.312 e. The summed E-state index contributed by atoms with van der Waals surface area (Å²) in [6.45, 7) is 1.96. The van der Waals surface area contributed by atoms with Crippen molar-refractivity contribution in [1.82, 2.24) is 9.66 Å². The average molecular weight is 431 g/mol. The van der Waals surface area contributed by atoms with E-state index in [-0.39, 0.29) is 11.1 Å². The third kappa shape index (κ3) is 3.72. The molecule has 3 rings (SSSR count). The molecule has 0 saturated carbocycles. The van der Waals surface area contributed by atoms with Gasteiger partial charge >= 0.3 is 5.69 Å². The summed E-state index contributed by atoms with van der Waals surface area (Å²) in [4.78, 5) is 27.7. The molecule has 27 heavy (non-hydrogen) atoms. The van der Waals surface area contributed by atoms with E-state index in [2.05, 4.69) is 26.0 Å². The van der Waals surface area contributed by atoms with Gasteiger partial charge in [0.1, 0.15) is 5.82 Å². The van der Waals surface area contributed by atoms with Crippen molar-refractivity contribution in [2.75, 3.05) is 0 Å². The molecule has 0 radical (unpaired) electrons. The van der Waals surface area contributed by atoms with Gasteiger partial charge in [0.15, 0.2) is 0 Å². The molecule has 138 valence electrons. The van der Waals surface area contributed by atoms with Gasteiger partial charge in [-0.2, -0.15) is 9.78 Å². The minimum absolute atomic E-state index is 0.110. The molecule has 0 aliphatic heterocycles. The number of aromatic hydroxyl groups is 1. The number of hydrogen-bond donors (Lipinski definition) is 1. The van der Waals surface area contributed by atoms with Crippen molar-refractivity contribution in [2.24, 2.45) is 5.10 Å². The van der Waals surface area contributed by atoms with Crippen LogP contribution in [0.25, 0.3) is 10.9 Å². The first kappa shape index (κ1) is 18.7. The van der Waals surface area contributed by atoms with Crippen LogP contribution in [0.1, 0.15) is 24.7 Å². The lowest BCUT2D eigenvalue weighted by molar-refractivity contribution is -0.385. The Labute approximate surface area is 162 Å². The van der Waals surface area contributed by atoms with Crippen molar-refractivity contribution in [3.63, 3.8) is 0 Å². The standard InChI is InChI=1S/C18H15BrN4O4/c1-2-5-16-21-14-7-4-3-6-13(14)18(25)22(16)20-10-11-8-12(19)9-15(17(11)24)23(26)27/h3-4,6-10,24H,2,5H2,1H3/b20-10+. The molecule has 0 fully saturated rings. The highest BCUT2D eigenvalue weighted by Gasteiger charge is 2.18. The van der Waals surface area contributed by atoms with Gasteiger partial charge in [-0.15, -0.1) is 0 Å². The minimum atomic E-state index is -0.691. The van der Waals surface area contributed by atoms with Crippen molar-refractivity contribution >= 4 is 38.7 Å². The topological polar surface area (TPSA) is 111 Å². The van der Waals surface area contributed by atoms with Gasteiger partial charge in [0.05, 0.1) is 22.0 Å². The number of phenolic OH excluding ortho intramolecular Hbond substituents is 1. The van der Waals surface area contributed by atoms with E-state index in [0.717, 1.165) is 11.1 Å². The number of aryl methyl sites for hydroxylation is 1. The molecule has 0 aliphatic rings. The van der Waals surface area contributed by atoms with Crippen LogP contribution in [0, 0.1) is 10.1 Å². The fraction of sp³-hybridized carbons (Fsp3) is 0.167. The van der Waals surface area contributed by atoms with Crippen LogP contribution in [0.15, 0.2) is 50.8 Å². The Kier molecular flexibility index (Phi) is 5.31. The second-order valence-corrected chi connectivity index (χ2v) is 6.69. The van der Waals surface area contributed by atoms with E-state index in [0.29, 0.717) is 27.6 Å². The van der Waals surface area contributed by atoms with Crippen LogP contribution in [0.4, 0.5) is 5.69 Å². The second-order valence-electron chi connectivity index (χ2n) is 5.78. The third-order valence-electron chi connectivity index (χ3n) is 3.89. The number of rotatable bonds is 5. The summed E-state index contributed by atoms with van der Waals surface area (Å²) in [5.41, 5.74) is -0.107. The molecule has 1 aromatic heterocycles. The largest absolute Gasteiger partial charge is 0.502 e. The number of nitrogens with zero attached hydrogens (tertiary/aromatic N) is 4. The second kappa shape index (κ2) is 7.67. The monoisotopic (exact) mass is 430 g/mol. The molecule has 1 N–H and O–H groups in total. The number of nitro benzene ring substituents is 1. The Morgan fingerprint density at radius 2 is 2.11 bits per heavy atom. The number of fused-ring (bicyclic) bond motifs is 1.